The summed E-state index contributed by atoms with van der Waals surface area (Å²) in [7, 11) is -1.27. The number of aromatic nitrogens is 7. The molecule has 0 unspecified atom stereocenters. The minimum Gasteiger partial charge on any atom is -0.405 e. The lowest BCUT2D eigenvalue weighted by atomic mass is 9.49. The van der Waals surface area contributed by atoms with Crippen molar-refractivity contribution < 1.29 is 51.9 Å². The largest absolute Gasteiger partial charge is 0.496 e. The van der Waals surface area contributed by atoms with E-state index in [2.05, 4.69) is 123 Å². The second kappa shape index (κ2) is 29.5. The highest BCUT2D eigenvalue weighted by molar-refractivity contribution is 9.11. The first-order chi connectivity index (χ1) is 39.0. The maximum absolute atomic E-state index is 11.1. The van der Waals surface area contributed by atoms with Crippen LogP contribution in [0.3, 0.4) is 0 Å². The topological polar surface area (TPSA) is 212 Å². The van der Waals surface area contributed by atoms with Crippen LogP contribution in [0.1, 0.15) is 172 Å². The van der Waals surface area contributed by atoms with Gasteiger partial charge in [-0.3, -0.25) is 33.9 Å². The second-order valence-electron chi connectivity index (χ2n) is 24.0. The molecular weight excluding hydrogens is 1300 g/mol. The van der Waals surface area contributed by atoms with E-state index in [1.54, 1.807) is 47.4 Å². The summed E-state index contributed by atoms with van der Waals surface area (Å²) in [6.07, 6.45) is 13.4. The van der Waals surface area contributed by atoms with E-state index in [-0.39, 0.29) is 82.1 Å². The quantitative estimate of drug-likeness (QED) is 0.0824. The average Bonchev–Trinajstić information content (AvgIpc) is 2.04. The van der Waals surface area contributed by atoms with E-state index >= 15 is 0 Å². The van der Waals surface area contributed by atoms with E-state index in [0.717, 1.165) is 52.7 Å². The average molecular weight is 1380 g/mol. The molecule has 3 fully saturated rings. The van der Waals surface area contributed by atoms with E-state index in [9.17, 15) is 24.0 Å². The van der Waals surface area contributed by atoms with Crippen molar-refractivity contribution in [3.63, 3.8) is 0 Å². The Labute approximate surface area is 532 Å². The minimum absolute atomic E-state index is 0.0201. The first-order valence-electron chi connectivity index (χ1n) is 27.6. The Hall–Kier alpha value is -4.75. The molecule has 0 saturated carbocycles. The first kappa shape index (κ1) is 72.7. The zero-order valence-corrected chi connectivity index (χ0v) is 58.4. The third-order valence-corrected chi connectivity index (χ3v) is 16.6. The van der Waals surface area contributed by atoms with E-state index in [4.69, 9.17) is 39.5 Å². The van der Waals surface area contributed by atoms with Gasteiger partial charge >= 0.3 is 21.1 Å². The van der Waals surface area contributed by atoms with Crippen molar-refractivity contribution in [2.75, 3.05) is 5.88 Å². The van der Waals surface area contributed by atoms with Crippen LogP contribution >= 0.6 is 59.4 Å². The molecule has 0 aromatic carbocycles. The van der Waals surface area contributed by atoms with Crippen LogP contribution < -0.4 is 5.46 Å². The molecule has 0 aliphatic carbocycles. The number of rotatable bonds is 8. The number of nitrogens with zero attached hydrogens (tertiary/aromatic N) is 5. The highest BCUT2D eigenvalue weighted by Crippen LogP contribution is 2.43. The minimum atomic E-state index is -0.476. The van der Waals surface area contributed by atoms with Crippen molar-refractivity contribution >= 4 is 126 Å². The lowest BCUT2D eigenvalue weighted by Gasteiger charge is -2.32. The van der Waals surface area contributed by atoms with Crippen LogP contribution in [0.2, 0.25) is 0 Å². The molecule has 25 heteroatoms. The smallest absolute Gasteiger partial charge is 0.405 e. The standard InChI is InChI=1S/C15H21BN2O2.C12H24B2O4.C9H9BrN2.C9H10BrNO2.C6H6BrNO.C6H7NO.C3H5ClO/c1-10-8-18-9-12(7-13(18)11(2)17-10)16-19-14(3,4)15(5,6)20-16;1-9(2)10(3,4)16-13(15-9)14-17-11(5,6)12(7,8)18-14;1-6-4-12-5-8(10)3-9(12)7(2)11-6;1-6(12)4-11-5-8(10)3-9(11)7(2)13;1-4(9)6-2-5(7)3-8-6;1-5(8)6-3-2-4-7-6;1-3(5)2-4/h7-9H,1-6H3;1-8H3;3-5H,1-2H3;3,5H,4H2,1-2H3;2-3,8H,1H3;2-4,7H,1H3;2H2,1H3. The molecule has 7 aromatic rings. The van der Waals surface area contributed by atoms with Crippen LogP contribution in [-0.4, -0.2) is 123 Å². The Morgan fingerprint density at radius 2 is 0.953 bits per heavy atom. The van der Waals surface area contributed by atoms with Crippen LogP contribution in [0.15, 0.2) is 93.2 Å². The molecule has 3 aliphatic heterocycles. The monoisotopic (exact) mass is 1380 g/mol. The van der Waals surface area contributed by atoms with Gasteiger partial charge in [0.25, 0.3) is 0 Å². The lowest BCUT2D eigenvalue weighted by Crippen LogP contribution is -2.41. The fraction of sp³-hybridized carbons (Fsp3) is 0.483. The Morgan fingerprint density at radius 3 is 1.31 bits per heavy atom. The van der Waals surface area contributed by atoms with Gasteiger partial charge in [0.05, 0.1) is 96.9 Å². The maximum atomic E-state index is 11.1. The predicted molar refractivity (Wildman–Crippen MR) is 348 cm³/mol. The van der Waals surface area contributed by atoms with Gasteiger partial charge < -0.3 is 51.3 Å². The van der Waals surface area contributed by atoms with Crippen molar-refractivity contribution in [2.24, 2.45) is 0 Å². The molecule has 0 spiro atoms. The number of Topliss-reactive ketones (excluding diaryl/α,β-unsaturated/α-hetero) is 5. The van der Waals surface area contributed by atoms with Crippen molar-refractivity contribution in [2.45, 2.75) is 186 Å². The van der Waals surface area contributed by atoms with Crippen molar-refractivity contribution in [1.29, 1.82) is 0 Å². The summed E-state index contributed by atoms with van der Waals surface area (Å²) in [6, 6.07) is 11.2. The number of aryl methyl sites for hydroxylation is 4. The number of fused-ring (bicyclic) bond motifs is 2. The van der Waals surface area contributed by atoms with E-state index in [0.29, 0.717) is 17.1 Å². The number of nitrogens with one attached hydrogen (secondary N) is 2. The fourth-order valence-electron chi connectivity index (χ4n) is 8.22. The second-order valence-corrected chi connectivity index (χ2v) is 27.0. The molecule has 3 aliphatic rings. The predicted octanol–water partition coefficient (Wildman–Crippen LogP) is 13.3. The summed E-state index contributed by atoms with van der Waals surface area (Å²) < 4.78 is 44.7. The number of carbonyl (C=O) groups is 5. The van der Waals surface area contributed by atoms with Gasteiger partial charge in [-0.05, 0) is 209 Å². The van der Waals surface area contributed by atoms with Crippen LogP contribution in [0, 0.1) is 27.7 Å². The molecule has 10 rings (SSSR count). The number of H-pyrrole nitrogens is 2. The number of hydrogen-bond acceptors (Lipinski definition) is 13. The first-order valence-corrected chi connectivity index (χ1v) is 30.5. The molecule has 0 radical (unpaired) electrons. The van der Waals surface area contributed by atoms with Gasteiger partial charge in [0, 0.05) is 83.0 Å². The third kappa shape index (κ3) is 19.9. The van der Waals surface area contributed by atoms with E-state index in [1.807, 2.05) is 102 Å². The van der Waals surface area contributed by atoms with E-state index < -0.39 is 14.0 Å². The van der Waals surface area contributed by atoms with Gasteiger partial charge in [0.2, 0.25) is 0 Å². The van der Waals surface area contributed by atoms with Crippen LogP contribution in [0.25, 0.3) is 11.0 Å². The lowest BCUT2D eigenvalue weighted by molar-refractivity contribution is -0.117. The summed E-state index contributed by atoms with van der Waals surface area (Å²) >= 11 is 14.9. The molecule has 18 nitrogen and oxygen atoms in total. The van der Waals surface area contributed by atoms with Gasteiger partial charge in [-0.1, -0.05) is 0 Å². The zero-order chi connectivity index (χ0) is 64.5. The molecular formula is C60H82B3Br3ClN7O11. The molecule has 3 saturated heterocycles. The third-order valence-electron chi connectivity index (χ3n) is 14.9. The Bertz CT molecular complexity index is 3380. The number of carbonyl (C=O) groups excluding carboxylic acids is 5. The highest BCUT2D eigenvalue weighted by atomic mass is 79.9. The van der Waals surface area contributed by atoms with Crippen molar-refractivity contribution in [3.05, 3.63) is 133 Å². The number of aromatic amines is 2. The SMILES string of the molecule is CC(=O)CCl.CC(=O)Cn1cc(Br)cc1C(C)=O.CC(=O)c1cc(Br)c[nH]1.CC(=O)c1ccc[nH]1.CC1(C)OB(B2OC(C)(C)C(C)(C)O2)OC1(C)C.Cc1cn2cc(B3OC(C)(C)C(C)(C)O3)cc2c(C)n1.Cc1cn2cc(Br)cc2c(C)n1. The summed E-state index contributed by atoms with van der Waals surface area (Å²) in [5.41, 5.74) is 7.25. The van der Waals surface area contributed by atoms with Gasteiger partial charge in [0.1, 0.15) is 11.6 Å². The number of hydrogen-bond donors (Lipinski definition) is 2. The molecule has 10 heterocycles. The van der Waals surface area contributed by atoms with Crippen LogP contribution in [-0.2, 0) is 44.1 Å². The molecule has 85 heavy (non-hydrogen) atoms. The Balaban J connectivity index is 0.000000221. The van der Waals surface area contributed by atoms with Gasteiger partial charge in [-0.25, -0.2) is 0 Å². The van der Waals surface area contributed by atoms with Crippen LogP contribution in [0.5, 0.6) is 0 Å². The normalized spacial score (nSPS) is 17.1. The number of halogens is 4. The Morgan fingerprint density at radius 1 is 0.529 bits per heavy atom. The molecule has 0 bridgehead atoms. The van der Waals surface area contributed by atoms with Crippen LogP contribution in [0.4, 0.5) is 0 Å². The summed E-state index contributed by atoms with van der Waals surface area (Å²) in [5, 5.41) is 0. The van der Waals surface area contributed by atoms with Gasteiger partial charge in [-0.15, -0.1) is 11.6 Å². The van der Waals surface area contributed by atoms with Gasteiger partial charge in [0.15, 0.2) is 17.3 Å². The number of alkyl halides is 1. The molecule has 0 amide bonds. The summed E-state index contributed by atoms with van der Waals surface area (Å²) in [4.78, 5) is 67.2. The highest BCUT2D eigenvalue weighted by Gasteiger charge is 2.63. The molecule has 460 valence electrons. The van der Waals surface area contributed by atoms with E-state index in [1.165, 1.54) is 34.6 Å². The molecule has 7 aromatic heterocycles. The summed E-state index contributed by atoms with van der Waals surface area (Å²) in [5.74, 6) is 0.292. The Kier molecular flexibility index (Phi) is 25.2. The summed E-state index contributed by atoms with van der Waals surface area (Å²) in [6.45, 7) is 40.3. The van der Waals surface area contributed by atoms with Crippen molar-refractivity contribution in [3.8, 4) is 0 Å². The zero-order valence-electron chi connectivity index (χ0n) is 52.9. The van der Waals surface area contributed by atoms with Crippen molar-refractivity contribution in [1.82, 2.24) is 33.3 Å². The molecule has 2 N–H and O–H groups in total. The maximum Gasteiger partial charge on any atom is 0.496 e. The number of ketones is 5. The van der Waals surface area contributed by atoms with Gasteiger partial charge in [-0.2, -0.15) is 0 Å². The molecule has 0 atom stereocenters. The fourth-order valence-corrected chi connectivity index (χ4v) is 9.46.